The average Bonchev–Trinajstić information content (AvgIpc) is 2.49. The van der Waals surface area contributed by atoms with E-state index in [0.29, 0.717) is 5.25 Å². The molecule has 1 nitrogen and oxygen atoms in total. The summed E-state index contributed by atoms with van der Waals surface area (Å²) in [6, 6.07) is 21.3. The molecule has 0 fully saturated rings. The Morgan fingerprint density at radius 3 is 1.95 bits per heavy atom. The topological polar surface area (TPSA) is 26.0 Å². The molecule has 0 aliphatic rings. The molecule has 0 aliphatic heterocycles. The molecule has 0 saturated carbocycles. The smallest absolute Gasteiger partial charge is 0.0187 e. The summed E-state index contributed by atoms with van der Waals surface area (Å²) in [4.78, 5) is 0. The third-order valence-corrected chi connectivity index (χ3v) is 4.59. The van der Waals surface area contributed by atoms with Gasteiger partial charge in [-0.2, -0.15) is 11.8 Å². The summed E-state index contributed by atoms with van der Waals surface area (Å²) in [5.74, 6) is 1.05. The molecule has 2 rings (SSSR count). The molecule has 0 aliphatic carbocycles. The van der Waals surface area contributed by atoms with E-state index in [4.69, 9.17) is 5.73 Å². The van der Waals surface area contributed by atoms with E-state index in [-0.39, 0.29) is 12.4 Å². The molecule has 20 heavy (non-hydrogen) atoms. The lowest BCUT2D eigenvalue weighted by Crippen LogP contribution is -2.17. The molecule has 0 saturated heterocycles. The first kappa shape index (κ1) is 17.1. The van der Waals surface area contributed by atoms with Crippen molar-refractivity contribution in [1.82, 2.24) is 0 Å². The summed E-state index contributed by atoms with van der Waals surface area (Å²) in [5, 5.41) is 0.542. The van der Waals surface area contributed by atoms with Crippen LogP contribution in [0.25, 0.3) is 0 Å². The van der Waals surface area contributed by atoms with E-state index in [1.165, 1.54) is 11.1 Å². The lowest BCUT2D eigenvalue weighted by molar-refractivity contribution is 0.762. The summed E-state index contributed by atoms with van der Waals surface area (Å²) < 4.78 is 0. The monoisotopic (exact) mass is 307 g/mol. The SMILES string of the molecule is Cl.NCC(CCc1ccccc1)SCc1ccccc1. The number of aryl methyl sites for hydroxylation is 1. The fourth-order valence-corrected chi connectivity index (χ4v) is 3.07. The number of hydrogen-bond acceptors (Lipinski definition) is 2. The van der Waals surface area contributed by atoms with Crippen molar-refractivity contribution in [3.63, 3.8) is 0 Å². The van der Waals surface area contributed by atoms with Crippen molar-refractivity contribution in [3.8, 4) is 0 Å². The van der Waals surface area contributed by atoms with Gasteiger partial charge in [0.25, 0.3) is 0 Å². The van der Waals surface area contributed by atoms with Gasteiger partial charge in [-0.1, -0.05) is 60.7 Å². The molecule has 1 atom stereocenters. The number of halogens is 1. The van der Waals surface area contributed by atoms with Crippen LogP contribution in [0.15, 0.2) is 60.7 Å². The lowest BCUT2D eigenvalue weighted by atomic mass is 10.1. The highest BCUT2D eigenvalue weighted by Crippen LogP contribution is 2.21. The van der Waals surface area contributed by atoms with Crippen molar-refractivity contribution >= 4 is 24.2 Å². The van der Waals surface area contributed by atoms with Gasteiger partial charge in [-0.15, -0.1) is 12.4 Å². The van der Waals surface area contributed by atoms with Gasteiger partial charge < -0.3 is 5.73 Å². The Morgan fingerprint density at radius 1 is 0.850 bits per heavy atom. The molecule has 0 amide bonds. The molecular weight excluding hydrogens is 286 g/mol. The number of hydrogen-bond donors (Lipinski definition) is 1. The number of benzene rings is 2. The van der Waals surface area contributed by atoms with Crippen molar-refractivity contribution in [2.24, 2.45) is 5.73 Å². The fourth-order valence-electron chi connectivity index (χ4n) is 2.03. The standard InChI is InChI=1S/C17H21NS.ClH/c18-13-17(12-11-15-7-3-1-4-8-15)19-14-16-9-5-2-6-10-16;/h1-10,17H,11-14,18H2;1H. The summed E-state index contributed by atoms with van der Waals surface area (Å²) in [6.07, 6.45) is 2.27. The summed E-state index contributed by atoms with van der Waals surface area (Å²) in [7, 11) is 0. The molecule has 0 spiro atoms. The first-order valence-corrected chi connectivity index (χ1v) is 7.83. The maximum atomic E-state index is 5.88. The Labute approximate surface area is 132 Å². The molecular formula is C17H22ClNS. The predicted molar refractivity (Wildman–Crippen MR) is 92.6 cm³/mol. The minimum absolute atomic E-state index is 0. The van der Waals surface area contributed by atoms with Crippen LogP contribution in [0.4, 0.5) is 0 Å². The molecule has 0 bridgehead atoms. The van der Waals surface area contributed by atoms with E-state index in [1.54, 1.807) is 0 Å². The second-order valence-electron chi connectivity index (χ2n) is 4.68. The number of rotatable bonds is 7. The van der Waals surface area contributed by atoms with Gasteiger partial charge in [-0.25, -0.2) is 0 Å². The molecule has 0 radical (unpaired) electrons. The number of nitrogens with two attached hydrogens (primary N) is 1. The van der Waals surface area contributed by atoms with Crippen molar-refractivity contribution in [2.75, 3.05) is 6.54 Å². The highest BCUT2D eigenvalue weighted by Gasteiger charge is 2.07. The Kier molecular flexibility index (Phi) is 8.43. The maximum absolute atomic E-state index is 5.88. The van der Waals surface area contributed by atoms with Crippen molar-refractivity contribution in [3.05, 3.63) is 71.8 Å². The average molecular weight is 308 g/mol. The molecule has 3 heteroatoms. The first-order chi connectivity index (χ1) is 9.38. The van der Waals surface area contributed by atoms with Crippen LogP contribution in [0.2, 0.25) is 0 Å². The van der Waals surface area contributed by atoms with E-state index >= 15 is 0 Å². The van der Waals surface area contributed by atoms with Crippen LogP contribution < -0.4 is 5.73 Å². The zero-order chi connectivity index (χ0) is 13.3. The van der Waals surface area contributed by atoms with Crippen molar-refractivity contribution in [2.45, 2.75) is 23.8 Å². The van der Waals surface area contributed by atoms with Crippen molar-refractivity contribution in [1.29, 1.82) is 0 Å². The predicted octanol–water partition coefficient (Wildman–Crippen LogP) is 4.30. The van der Waals surface area contributed by atoms with E-state index < -0.39 is 0 Å². The van der Waals surface area contributed by atoms with Crippen LogP contribution in [0, 0.1) is 0 Å². The second kappa shape index (κ2) is 9.87. The minimum Gasteiger partial charge on any atom is -0.329 e. The van der Waals surface area contributed by atoms with E-state index in [9.17, 15) is 0 Å². The van der Waals surface area contributed by atoms with Gasteiger partial charge >= 0.3 is 0 Å². The van der Waals surface area contributed by atoms with Gasteiger partial charge in [-0.05, 0) is 24.0 Å². The third kappa shape index (κ3) is 6.00. The van der Waals surface area contributed by atoms with E-state index in [0.717, 1.165) is 25.1 Å². The quantitative estimate of drug-likeness (QED) is 0.825. The Bertz CT molecular complexity index is 417. The molecule has 0 aromatic heterocycles. The normalized spacial score (nSPS) is 11.7. The molecule has 2 aromatic carbocycles. The zero-order valence-corrected chi connectivity index (χ0v) is 13.2. The van der Waals surface area contributed by atoms with Crippen LogP contribution in [-0.4, -0.2) is 11.8 Å². The van der Waals surface area contributed by atoms with Crippen LogP contribution in [0.3, 0.4) is 0 Å². The molecule has 108 valence electrons. The first-order valence-electron chi connectivity index (χ1n) is 6.78. The van der Waals surface area contributed by atoms with Crippen LogP contribution in [0.1, 0.15) is 17.5 Å². The summed E-state index contributed by atoms with van der Waals surface area (Å²) in [5.41, 5.74) is 8.66. The van der Waals surface area contributed by atoms with Gasteiger partial charge in [0, 0.05) is 17.5 Å². The third-order valence-electron chi connectivity index (χ3n) is 3.19. The van der Waals surface area contributed by atoms with Crippen molar-refractivity contribution < 1.29 is 0 Å². The number of thioether (sulfide) groups is 1. The van der Waals surface area contributed by atoms with Gasteiger partial charge in [0.15, 0.2) is 0 Å². The van der Waals surface area contributed by atoms with Crippen LogP contribution in [0.5, 0.6) is 0 Å². The highest BCUT2D eigenvalue weighted by molar-refractivity contribution is 7.99. The summed E-state index contributed by atoms with van der Waals surface area (Å²) >= 11 is 1.97. The maximum Gasteiger partial charge on any atom is 0.0187 e. The van der Waals surface area contributed by atoms with E-state index in [2.05, 4.69) is 60.7 Å². The Morgan fingerprint density at radius 2 is 1.40 bits per heavy atom. The van der Waals surface area contributed by atoms with Crippen LogP contribution >= 0.6 is 24.2 Å². The Hall–Kier alpha value is -0.960. The van der Waals surface area contributed by atoms with Gasteiger partial charge in [0.1, 0.15) is 0 Å². The Balaban J connectivity index is 0.00000200. The van der Waals surface area contributed by atoms with Gasteiger partial charge in [0.05, 0.1) is 0 Å². The highest BCUT2D eigenvalue weighted by atomic mass is 35.5. The lowest BCUT2D eigenvalue weighted by Gasteiger charge is -2.14. The largest absolute Gasteiger partial charge is 0.329 e. The minimum atomic E-state index is 0. The second-order valence-corrected chi connectivity index (χ2v) is 5.97. The molecule has 1 unspecified atom stereocenters. The van der Waals surface area contributed by atoms with Crippen LogP contribution in [-0.2, 0) is 12.2 Å². The fraction of sp³-hybridized carbons (Fsp3) is 0.294. The zero-order valence-electron chi connectivity index (χ0n) is 11.6. The molecule has 2 aromatic rings. The van der Waals surface area contributed by atoms with Gasteiger partial charge in [0.2, 0.25) is 0 Å². The van der Waals surface area contributed by atoms with E-state index in [1.807, 2.05) is 11.8 Å². The molecule has 0 heterocycles. The molecule has 2 N–H and O–H groups in total. The van der Waals surface area contributed by atoms with Gasteiger partial charge in [-0.3, -0.25) is 0 Å². The summed E-state index contributed by atoms with van der Waals surface area (Å²) in [6.45, 7) is 0.754.